The van der Waals surface area contributed by atoms with E-state index in [1.165, 1.54) is 16.2 Å². The predicted molar refractivity (Wildman–Crippen MR) is 85.8 cm³/mol. The van der Waals surface area contributed by atoms with Gasteiger partial charge in [-0.25, -0.2) is 4.98 Å². The molecule has 2 nitrogen and oxygen atoms in total. The van der Waals surface area contributed by atoms with Crippen molar-refractivity contribution in [2.75, 3.05) is 0 Å². The Bertz CT molecular complexity index is 551. The minimum absolute atomic E-state index is 0.153. The van der Waals surface area contributed by atoms with Gasteiger partial charge in [0.05, 0.1) is 14.7 Å². The second kappa shape index (κ2) is 6.55. The smallest absolute Gasteiger partial charge is 0.109 e. The molecule has 19 heavy (non-hydrogen) atoms. The average molecular weight is 335 g/mol. The van der Waals surface area contributed by atoms with Crippen LogP contribution < -0.4 is 5.32 Å². The van der Waals surface area contributed by atoms with Crippen LogP contribution in [-0.2, 0) is 6.42 Å². The molecule has 0 aliphatic rings. The molecule has 0 aliphatic carbocycles. The zero-order valence-corrected chi connectivity index (χ0v) is 14.2. The van der Waals surface area contributed by atoms with Crippen LogP contribution in [0, 0.1) is 0 Å². The summed E-state index contributed by atoms with van der Waals surface area (Å²) in [7, 11) is 0. The van der Waals surface area contributed by atoms with Gasteiger partial charge in [-0.05, 0) is 31.9 Å². The Labute approximate surface area is 131 Å². The summed E-state index contributed by atoms with van der Waals surface area (Å²) in [6.07, 6.45) is 2.99. The molecule has 0 saturated heterocycles. The van der Waals surface area contributed by atoms with Gasteiger partial charge in [-0.15, -0.1) is 22.7 Å². The van der Waals surface area contributed by atoms with Crippen LogP contribution in [0.2, 0.25) is 8.67 Å². The van der Waals surface area contributed by atoms with Crippen molar-refractivity contribution in [3.05, 3.63) is 36.4 Å². The van der Waals surface area contributed by atoms with Gasteiger partial charge in [0, 0.05) is 17.1 Å². The number of thiophene rings is 1. The van der Waals surface area contributed by atoms with Crippen molar-refractivity contribution in [2.45, 2.75) is 39.3 Å². The number of thiazole rings is 1. The van der Waals surface area contributed by atoms with Crippen LogP contribution in [0.15, 0.2) is 12.3 Å². The van der Waals surface area contributed by atoms with Crippen LogP contribution in [0.4, 0.5) is 0 Å². The highest BCUT2D eigenvalue weighted by atomic mass is 35.5. The third-order valence-electron chi connectivity index (χ3n) is 2.94. The standard InChI is InChI=1S/C13H16Cl2N2S2/c1-4-9-6-16-13(18-9)8(3)17-7(2)10-5-11(14)19-12(10)15/h5-8,17H,4H2,1-3H3. The van der Waals surface area contributed by atoms with Gasteiger partial charge in [0.25, 0.3) is 0 Å². The van der Waals surface area contributed by atoms with Gasteiger partial charge in [-0.2, -0.15) is 0 Å². The summed E-state index contributed by atoms with van der Waals surface area (Å²) in [5.41, 5.74) is 1.05. The van der Waals surface area contributed by atoms with Crippen molar-refractivity contribution >= 4 is 45.9 Å². The molecule has 1 N–H and O–H groups in total. The first-order valence-corrected chi connectivity index (χ1v) is 8.55. The molecular formula is C13H16Cl2N2S2. The minimum Gasteiger partial charge on any atom is -0.301 e. The molecule has 2 heterocycles. The molecule has 2 atom stereocenters. The van der Waals surface area contributed by atoms with E-state index in [0.717, 1.165) is 25.7 Å². The Morgan fingerprint density at radius 3 is 2.53 bits per heavy atom. The molecule has 0 bridgehead atoms. The Kier molecular flexibility index (Phi) is 5.26. The SMILES string of the molecule is CCc1cnc(C(C)NC(C)c2cc(Cl)sc2Cl)s1. The van der Waals surface area contributed by atoms with Crippen LogP contribution in [0.25, 0.3) is 0 Å². The topological polar surface area (TPSA) is 24.9 Å². The number of nitrogens with one attached hydrogen (secondary N) is 1. The Balaban J connectivity index is 2.06. The van der Waals surface area contributed by atoms with Gasteiger partial charge >= 0.3 is 0 Å². The van der Waals surface area contributed by atoms with Crippen molar-refractivity contribution in [2.24, 2.45) is 0 Å². The maximum Gasteiger partial charge on any atom is 0.109 e. The summed E-state index contributed by atoms with van der Waals surface area (Å²) in [6, 6.07) is 2.29. The second-order valence-electron chi connectivity index (χ2n) is 4.41. The number of hydrogen-bond donors (Lipinski definition) is 1. The molecule has 2 unspecified atom stereocenters. The molecule has 0 aromatic carbocycles. The van der Waals surface area contributed by atoms with Crippen molar-refractivity contribution < 1.29 is 0 Å². The maximum atomic E-state index is 6.18. The highest BCUT2D eigenvalue weighted by Crippen LogP contribution is 2.35. The lowest BCUT2D eigenvalue weighted by Crippen LogP contribution is -2.22. The molecular weight excluding hydrogens is 319 g/mol. The van der Waals surface area contributed by atoms with Crippen LogP contribution in [0.5, 0.6) is 0 Å². The van der Waals surface area contributed by atoms with E-state index in [-0.39, 0.29) is 12.1 Å². The third kappa shape index (κ3) is 3.70. The Morgan fingerprint density at radius 1 is 1.26 bits per heavy atom. The van der Waals surface area contributed by atoms with Gasteiger partial charge in [-0.3, -0.25) is 0 Å². The minimum atomic E-state index is 0.153. The molecule has 104 valence electrons. The van der Waals surface area contributed by atoms with Crippen molar-refractivity contribution in [1.82, 2.24) is 10.3 Å². The molecule has 6 heteroatoms. The number of rotatable bonds is 5. The van der Waals surface area contributed by atoms with E-state index in [1.54, 1.807) is 11.3 Å². The van der Waals surface area contributed by atoms with E-state index in [9.17, 15) is 0 Å². The van der Waals surface area contributed by atoms with E-state index in [1.807, 2.05) is 12.3 Å². The fraction of sp³-hybridized carbons (Fsp3) is 0.462. The normalized spacial score (nSPS) is 14.6. The predicted octanol–water partition coefficient (Wildman–Crippen LogP) is 5.49. The molecule has 0 spiro atoms. The van der Waals surface area contributed by atoms with E-state index in [2.05, 4.69) is 31.1 Å². The van der Waals surface area contributed by atoms with Gasteiger partial charge in [0.15, 0.2) is 0 Å². The quantitative estimate of drug-likeness (QED) is 0.782. The fourth-order valence-electron chi connectivity index (χ4n) is 1.87. The van der Waals surface area contributed by atoms with Crippen LogP contribution in [0.3, 0.4) is 0 Å². The van der Waals surface area contributed by atoms with Crippen molar-refractivity contribution in [3.63, 3.8) is 0 Å². The monoisotopic (exact) mass is 334 g/mol. The molecule has 0 aliphatic heterocycles. The van der Waals surface area contributed by atoms with Gasteiger partial charge in [0.2, 0.25) is 0 Å². The molecule has 2 rings (SSSR count). The van der Waals surface area contributed by atoms with E-state index in [0.29, 0.717) is 0 Å². The number of hydrogen-bond acceptors (Lipinski definition) is 4. The Morgan fingerprint density at radius 2 is 2.00 bits per heavy atom. The number of aromatic nitrogens is 1. The molecule has 0 radical (unpaired) electrons. The molecule has 0 saturated carbocycles. The number of aryl methyl sites for hydroxylation is 1. The summed E-state index contributed by atoms with van der Waals surface area (Å²) >= 11 is 15.3. The molecule has 2 aromatic rings. The maximum absolute atomic E-state index is 6.18. The number of halogens is 2. The zero-order valence-electron chi connectivity index (χ0n) is 11.0. The van der Waals surface area contributed by atoms with Crippen LogP contribution in [0.1, 0.15) is 48.3 Å². The van der Waals surface area contributed by atoms with Gasteiger partial charge in [-0.1, -0.05) is 30.1 Å². The number of nitrogens with zero attached hydrogens (tertiary/aromatic N) is 1. The largest absolute Gasteiger partial charge is 0.301 e. The summed E-state index contributed by atoms with van der Waals surface area (Å²) in [4.78, 5) is 5.77. The lowest BCUT2D eigenvalue weighted by atomic mass is 10.1. The lowest BCUT2D eigenvalue weighted by molar-refractivity contribution is 0.494. The van der Waals surface area contributed by atoms with Gasteiger partial charge in [0.1, 0.15) is 5.01 Å². The summed E-state index contributed by atoms with van der Waals surface area (Å²) in [6.45, 7) is 6.36. The summed E-state index contributed by atoms with van der Waals surface area (Å²) in [5.74, 6) is 0. The lowest BCUT2D eigenvalue weighted by Gasteiger charge is -2.18. The summed E-state index contributed by atoms with van der Waals surface area (Å²) < 4.78 is 1.48. The van der Waals surface area contributed by atoms with Crippen LogP contribution >= 0.6 is 45.9 Å². The third-order valence-corrected chi connectivity index (χ3v) is 5.78. The zero-order chi connectivity index (χ0) is 14.0. The summed E-state index contributed by atoms with van der Waals surface area (Å²) in [5, 5.41) is 4.63. The first-order valence-electron chi connectivity index (χ1n) is 6.16. The van der Waals surface area contributed by atoms with E-state index in [4.69, 9.17) is 23.2 Å². The van der Waals surface area contributed by atoms with E-state index >= 15 is 0 Å². The van der Waals surface area contributed by atoms with Crippen molar-refractivity contribution in [1.29, 1.82) is 0 Å². The van der Waals surface area contributed by atoms with Gasteiger partial charge < -0.3 is 5.32 Å². The second-order valence-corrected chi connectivity index (χ2v) is 7.84. The van der Waals surface area contributed by atoms with Crippen molar-refractivity contribution in [3.8, 4) is 0 Å². The van der Waals surface area contributed by atoms with Crippen LogP contribution in [-0.4, -0.2) is 4.98 Å². The first kappa shape index (κ1) is 15.3. The van der Waals surface area contributed by atoms with E-state index < -0.39 is 0 Å². The fourth-order valence-corrected chi connectivity index (χ4v) is 4.38. The Hall–Kier alpha value is -0.130. The first-order chi connectivity index (χ1) is 9.01. The molecule has 2 aromatic heterocycles. The molecule has 0 fully saturated rings. The highest BCUT2D eigenvalue weighted by Gasteiger charge is 2.17. The highest BCUT2D eigenvalue weighted by molar-refractivity contribution is 7.20. The molecule has 0 amide bonds. The average Bonchev–Trinajstić information content (AvgIpc) is 2.95.